The van der Waals surface area contributed by atoms with E-state index in [1.54, 1.807) is 18.2 Å². The lowest BCUT2D eigenvalue weighted by atomic mass is 10.2. The monoisotopic (exact) mass is 401 g/mol. The van der Waals surface area contributed by atoms with Crippen molar-refractivity contribution in [3.63, 3.8) is 0 Å². The summed E-state index contributed by atoms with van der Waals surface area (Å²) in [7, 11) is 0. The van der Waals surface area contributed by atoms with Crippen LogP contribution in [0.2, 0.25) is 0 Å². The minimum Gasteiger partial charge on any atom is -0.492 e. The lowest BCUT2D eigenvalue weighted by molar-refractivity contribution is 0.102. The van der Waals surface area contributed by atoms with Crippen LogP contribution in [0.5, 0.6) is 11.5 Å². The maximum atomic E-state index is 12.7. The fraction of sp³-hybridized carbons (Fsp3) is 0.167. The Morgan fingerprint density at radius 1 is 1.03 bits per heavy atom. The molecule has 0 bridgehead atoms. The van der Waals surface area contributed by atoms with Gasteiger partial charge in [-0.25, -0.2) is 4.98 Å². The van der Waals surface area contributed by atoms with Crippen molar-refractivity contribution < 1.29 is 14.3 Å². The zero-order valence-electron chi connectivity index (χ0n) is 17.0. The average Bonchev–Trinajstić information content (AvgIpc) is 3.16. The summed E-state index contributed by atoms with van der Waals surface area (Å²) in [4.78, 5) is 17.3. The third-order valence-electron chi connectivity index (χ3n) is 4.57. The summed E-state index contributed by atoms with van der Waals surface area (Å²) in [5, 5.41) is 2.90. The van der Waals surface area contributed by atoms with Crippen LogP contribution in [0, 0.1) is 6.92 Å². The Morgan fingerprint density at radius 2 is 1.90 bits per heavy atom. The van der Waals surface area contributed by atoms with Crippen LogP contribution in [-0.2, 0) is 6.61 Å². The van der Waals surface area contributed by atoms with Gasteiger partial charge in [-0.05, 0) is 55.8 Å². The molecule has 0 saturated carbocycles. The molecule has 30 heavy (non-hydrogen) atoms. The molecule has 0 radical (unpaired) electrons. The predicted molar refractivity (Wildman–Crippen MR) is 116 cm³/mol. The van der Waals surface area contributed by atoms with Crippen molar-refractivity contribution in [2.75, 3.05) is 11.9 Å². The molecule has 0 aliphatic rings. The van der Waals surface area contributed by atoms with Gasteiger partial charge >= 0.3 is 0 Å². The first-order chi connectivity index (χ1) is 14.6. The van der Waals surface area contributed by atoms with Crippen LogP contribution in [0.3, 0.4) is 0 Å². The molecular weight excluding hydrogens is 378 g/mol. The van der Waals surface area contributed by atoms with Gasteiger partial charge in [0.1, 0.15) is 23.8 Å². The first-order valence-corrected chi connectivity index (χ1v) is 9.82. The molecule has 0 spiro atoms. The number of hydrogen-bond acceptors (Lipinski definition) is 4. The van der Waals surface area contributed by atoms with E-state index < -0.39 is 0 Å². The standard InChI is InChI=1S/C24H23N3O3/c1-3-29-22-10-5-4-9-21(22)26-24(28)18-7-6-8-20(13-18)30-16-19-15-27-14-17(2)11-12-23(27)25-19/h4-15H,3,16H2,1-2H3,(H,26,28). The van der Waals surface area contributed by atoms with E-state index in [-0.39, 0.29) is 5.91 Å². The number of amides is 1. The molecule has 2 heterocycles. The van der Waals surface area contributed by atoms with Crippen molar-refractivity contribution >= 4 is 17.2 Å². The lowest BCUT2D eigenvalue weighted by Crippen LogP contribution is -2.13. The number of ether oxygens (including phenoxy) is 2. The van der Waals surface area contributed by atoms with Gasteiger partial charge in [0.25, 0.3) is 5.91 Å². The highest BCUT2D eigenvalue weighted by Gasteiger charge is 2.11. The number of pyridine rings is 1. The molecule has 6 heteroatoms. The second-order valence-electron chi connectivity index (χ2n) is 6.90. The summed E-state index contributed by atoms with van der Waals surface area (Å²) < 4.78 is 13.4. The molecule has 2 aromatic carbocycles. The lowest BCUT2D eigenvalue weighted by Gasteiger charge is -2.12. The molecule has 6 nitrogen and oxygen atoms in total. The van der Waals surface area contributed by atoms with E-state index >= 15 is 0 Å². The van der Waals surface area contributed by atoms with E-state index in [4.69, 9.17) is 9.47 Å². The van der Waals surface area contributed by atoms with Crippen LogP contribution in [0.4, 0.5) is 5.69 Å². The summed E-state index contributed by atoms with van der Waals surface area (Å²) in [6.45, 7) is 4.79. The van der Waals surface area contributed by atoms with Crippen molar-refractivity contribution in [3.8, 4) is 11.5 Å². The Balaban J connectivity index is 1.45. The molecule has 152 valence electrons. The first-order valence-electron chi connectivity index (χ1n) is 9.82. The maximum Gasteiger partial charge on any atom is 0.255 e. The molecule has 0 fully saturated rings. The van der Waals surface area contributed by atoms with Crippen LogP contribution in [0.1, 0.15) is 28.5 Å². The van der Waals surface area contributed by atoms with Gasteiger partial charge in [0.05, 0.1) is 18.0 Å². The normalized spacial score (nSPS) is 10.7. The van der Waals surface area contributed by atoms with Crippen LogP contribution >= 0.6 is 0 Å². The number of benzene rings is 2. The zero-order valence-corrected chi connectivity index (χ0v) is 17.0. The van der Waals surface area contributed by atoms with Gasteiger partial charge in [-0.1, -0.05) is 24.3 Å². The van der Waals surface area contributed by atoms with Crippen LogP contribution < -0.4 is 14.8 Å². The number of anilines is 1. The molecule has 0 atom stereocenters. The number of rotatable bonds is 7. The number of aryl methyl sites for hydroxylation is 1. The van der Waals surface area contributed by atoms with E-state index in [1.165, 1.54) is 0 Å². The largest absolute Gasteiger partial charge is 0.492 e. The number of imidazole rings is 1. The molecule has 0 saturated heterocycles. The summed E-state index contributed by atoms with van der Waals surface area (Å²) in [6, 6.07) is 18.5. The average molecular weight is 401 g/mol. The topological polar surface area (TPSA) is 64.9 Å². The molecule has 0 unspecified atom stereocenters. The van der Waals surface area contributed by atoms with Crippen LogP contribution in [0.15, 0.2) is 73.1 Å². The Labute approximate surface area is 175 Å². The summed E-state index contributed by atoms with van der Waals surface area (Å²) in [5.74, 6) is 1.02. The maximum absolute atomic E-state index is 12.7. The Morgan fingerprint density at radius 3 is 2.77 bits per heavy atom. The summed E-state index contributed by atoms with van der Waals surface area (Å²) in [6.07, 6.45) is 3.97. The van der Waals surface area contributed by atoms with E-state index in [0.29, 0.717) is 36.0 Å². The molecule has 2 aromatic heterocycles. The highest BCUT2D eigenvalue weighted by atomic mass is 16.5. The number of carbonyl (C=O) groups is 1. The van der Waals surface area contributed by atoms with Crippen LogP contribution in [0.25, 0.3) is 5.65 Å². The first kappa shape index (κ1) is 19.5. The van der Waals surface area contributed by atoms with Crippen molar-refractivity contribution in [1.29, 1.82) is 0 Å². The Bertz CT molecular complexity index is 1180. The Kier molecular flexibility index (Phi) is 5.66. The summed E-state index contributed by atoms with van der Waals surface area (Å²) >= 11 is 0. The van der Waals surface area contributed by atoms with E-state index in [9.17, 15) is 4.79 Å². The minimum atomic E-state index is -0.226. The zero-order chi connectivity index (χ0) is 20.9. The van der Waals surface area contributed by atoms with Crippen molar-refractivity contribution in [3.05, 3.63) is 89.9 Å². The molecule has 0 aliphatic carbocycles. The fourth-order valence-electron chi connectivity index (χ4n) is 3.16. The van der Waals surface area contributed by atoms with Crippen molar-refractivity contribution in [1.82, 2.24) is 9.38 Å². The second kappa shape index (κ2) is 8.69. The third-order valence-corrected chi connectivity index (χ3v) is 4.57. The molecule has 4 rings (SSSR count). The number of carbonyl (C=O) groups excluding carboxylic acids is 1. The number of aromatic nitrogens is 2. The SMILES string of the molecule is CCOc1ccccc1NC(=O)c1cccc(OCc2cn3cc(C)ccc3n2)c1. The molecular formula is C24H23N3O3. The second-order valence-corrected chi connectivity index (χ2v) is 6.90. The predicted octanol–water partition coefficient (Wildman–Crippen LogP) is 4.87. The van der Waals surface area contributed by atoms with Crippen LogP contribution in [-0.4, -0.2) is 21.9 Å². The number of para-hydroxylation sites is 2. The van der Waals surface area contributed by atoms with Gasteiger partial charge in [0.15, 0.2) is 0 Å². The minimum absolute atomic E-state index is 0.226. The molecule has 4 aromatic rings. The number of nitrogens with one attached hydrogen (secondary N) is 1. The highest BCUT2D eigenvalue weighted by molar-refractivity contribution is 6.05. The van der Waals surface area contributed by atoms with Gasteiger partial charge in [-0.3, -0.25) is 4.79 Å². The van der Waals surface area contributed by atoms with E-state index in [0.717, 1.165) is 16.9 Å². The van der Waals surface area contributed by atoms with Crippen molar-refractivity contribution in [2.45, 2.75) is 20.5 Å². The van der Waals surface area contributed by atoms with Crippen molar-refractivity contribution in [2.24, 2.45) is 0 Å². The molecule has 1 amide bonds. The highest BCUT2D eigenvalue weighted by Crippen LogP contribution is 2.25. The number of fused-ring (bicyclic) bond motifs is 1. The quantitative estimate of drug-likeness (QED) is 0.480. The van der Waals surface area contributed by atoms with Gasteiger partial charge in [-0.2, -0.15) is 0 Å². The van der Waals surface area contributed by atoms with Gasteiger partial charge in [-0.15, -0.1) is 0 Å². The molecule has 1 N–H and O–H groups in total. The smallest absolute Gasteiger partial charge is 0.255 e. The summed E-state index contributed by atoms with van der Waals surface area (Å²) in [5.41, 5.74) is 4.00. The number of hydrogen-bond donors (Lipinski definition) is 1. The van der Waals surface area contributed by atoms with Gasteiger partial charge < -0.3 is 19.2 Å². The number of nitrogens with zero attached hydrogens (tertiary/aromatic N) is 2. The Hall–Kier alpha value is -3.80. The molecule has 0 aliphatic heterocycles. The van der Waals surface area contributed by atoms with E-state index in [1.807, 2.05) is 73.1 Å². The third kappa shape index (κ3) is 4.43. The van der Waals surface area contributed by atoms with Gasteiger partial charge in [0.2, 0.25) is 0 Å². The van der Waals surface area contributed by atoms with E-state index in [2.05, 4.69) is 10.3 Å². The fourth-order valence-corrected chi connectivity index (χ4v) is 3.16. The van der Waals surface area contributed by atoms with Gasteiger partial charge in [0, 0.05) is 18.0 Å².